The van der Waals surface area contributed by atoms with Crippen molar-refractivity contribution in [1.29, 1.82) is 0 Å². The summed E-state index contributed by atoms with van der Waals surface area (Å²) < 4.78 is 10.5. The first-order valence-electron chi connectivity index (χ1n) is 3.51. The fraction of sp³-hybridized carbons (Fsp3) is 1.00. The lowest BCUT2D eigenvalue weighted by Gasteiger charge is -2.31. The smallest absolute Gasteiger partial charge is 0.0575 e. The van der Waals surface area contributed by atoms with E-state index in [9.17, 15) is 0 Å². The third kappa shape index (κ3) is 7.29. The van der Waals surface area contributed by atoms with Crippen LogP contribution >= 0.6 is 5.69 Å². The second-order valence-electron chi connectivity index (χ2n) is 2.76. The van der Waals surface area contributed by atoms with Gasteiger partial charge in [-0.05, 0) is 27.7 Å². The van der Waals surface area contributed by atoms with Crippen molar-refractivity contribution in [1.82, 2.24) is 0 Å². The largest absolute Gasteiger partial charge is 0.691 e. The molecule has 0 amide bonds. The van der Waals surface area contributed by atoms with Gasteiger partial charge in [-0.3, -0.25) is 0 Å². The molecule has 0 rings (SSSR count). The monoisotopic (exact) mass is 213 g/mol. The van der Waals surface area contributed by atoms with E-state index in [1.54, 1.807) is 0 Å². The van der Waals surface area contributed by atoms with Crippen LogP contribution in [-0.4, -0.2) is 12.2 Å². The molecule has 0 aromatic heterocycles. The lowest BCUT2D eigenvalue weighted by atomic mass is 10.5. The number of hydrogen-bond donors (Lipinski definition) is 0. The van der Waals surface area contributed by atoms with Gasteiger partial charge in [-0.1, -0.05) is 11.8 Å². The van der Waals surface area contributed by atoms with Crippen LogP contribution in [0.2, 0.25) is 0 Å². The lowest BCUT2D eigenvalue weighted by Crippen LogP contribution is -2.05. The maximum Gasteiger partial charge on any atom is 0.0575 e. The van der Waals surface area contributed by atoms with Gasteiger partial charge in [0.15, 0.2) is 0 Å². The molecule has 0 saturated heterocycles. The molecule has 68 valence electrons. The van der Waals surface area contributed by atoms with Gasteiger partial charge in [0.2, 0.25) is 0 Å². The lowest BCUT2D eigenvalue weighted by molar-refractivity contribution is 0.186. The van der Waals surface area contributed by atoms with Crippen LogP contribution in [-0.2, 0) is 33.1 Å². The first-order chi connectivity index (χ1) is 4.83. The molecular weight excluding hydrogens is 199 g/mol. The molecule has 0 aliphatic carbocycles. The molecule has 5 heteroatoms. The van der Waals surface area contributed by atoms with Crippen molar-refractivity contribution in [2.24, 2.45) is 0 Å². The van der Waals surface area contributed by atoms with Gasteiger partial charge in [0.05, 0.1) is 17.9 Å². The van der Waals surface area contributed by atoms with E-state index >= 15 is 0 Å². The van der Waals surface area contributed by atoms with Gasteiger partial charge in [0.25, 0.3) is 0 Å². The summed E-state index contributed by atoms with van der Waals surface area (Å²) >= 11 is 9.95. The molecule has 0 N–H and O–H groups in total. The predicted octanol–water partition coefficient (Wildman–Crippen LogP) is 2.61. The Morgan fingerprint density at radius 1 is 1.09 bits per heavy atom. The van der Waals surface area contributed by atoms with E-state index in [1.165, 1.54) is 0 Å². The van der Waals surface area contributed by atoms with Crippen molar-refractivity contribution in [3.8, 4) is 0 Å². The van der Waals surface area contributed by atoms with E-state index < -0.39 is 5.69 Å². The van der Waals surface area contributed by atoms with E-state index in [2.05, 4.69) is 0 Å². The Hall–Kier alpha value is 0.920. The summed E-state index contributed by atoms with van der Waals surface area (Å²) in [6.07, 6.45) is 0.106. The Morgan fingerprint density at radius 3 is 1.55 bits per heavy atom. The van der Waals surface area contributed by atoms with Gasteiger partial charge >= 0.3 is 0 Å². The van der Waals surface area contributed by atoms with Crippen LogP contribution in [0.4, 0.5) is 0 Å². The van der Waals surface area contributed by atoms with E-state index in [0.29, 0.717) is 0 Å². The third-order valence-electron chi connectivity index (χ3n) is 0.680. The normalized spacial score (nSPS) is 13.0. The Morgan fingerprint density at radius 2 is 1.36 bits per heavy atom. The molecular formula is C6H14O2PS2-. The van der Waals surface area contributed by atoms with Crippen LogP contribution < -0.4 is 0 Å². The van der Waals surface area contributed by atoms with Crippen molar-refractivity contribution in [2.75, 3.05) is 0 Å². The molecule has 0 atom stereocenters. The summed E-state index contributed by atoms with van der Waals surface area (Å²) in [5.74, 6) is 0. The van der Waals surface area contributed by atoms with E-state index in [0.717, 1.165) is 0 Å². The minimum Gasteiger partial charge on any atom is -0.691 e. The van der Waals surface area contributed by atoms with Gasteiger partial charge in [-0.2, -0.15) is 0 Å². The zero-order valence-electron chi connectivity index (χ0n) is 7.23. The molecule has 0 aromatic rings. The highest BCUT2D eigenvalue weighted by atomic mass is 32.9. The van der Waals surface area contributed by atoms with Gasteiger partial charge in [-0.15, -0.1) is 0 Å². The van der Waals surface area contributed by atoms with Crippen LogP contribution in [0.5, 0.6) is 0 Å². The molecule has 0 radical (unpaired) electrons. The third-order valence-corrected chi connectivity index (χ3v) is 3.07. The quantitative estimate of drug-likeness (QED) is 0.527. The summed E-state index contributed by atoms with van der Waals surface area (Å²) in [7, 11) is 0. The minimum absolute atomic E-state index is 0.0529. The topological polar surface area (TPSA) is 18.5 Å². The van der Waals surface area contributed by atoms with Gasteiger partial charge in [0.1, 0.15) is 0 Å². The predicted molar refractivity (Wildman–Crippen MR) is 54.1 cm³/mol. The Kier molecular flexibility index (Phi) is 5.23. The number of rotatable bonds is 4. The average Bonchev–Trinajstić information content (AvgIpc) is 1.53. The Bertz CT molecular complexity index is 145. The molecule has 0 aromatic carbocycles. The first kappa shape index (κ1) is 11.9. The molecule has 0 heterocycles. The zero-order valence-corrected chi connectivity index (χ0v) is 9.76. The Labute approximate surface area is 79.0 Å². The summed E-state index contributed by atoms with van der Waals surface area (Å²) in [6.45, 7) is 7.60. The molecule has 0 fully saturated rings. The fourth-order valence-corrected chi connectivity index (χ4v) is 3.69. The van der Waals surface area contributed by atoms with Crippen molar-refractivity contribution in [2.45, 2.75) is 39.9 Å². The highest BCUT2D eigenvalue weighted by Gasteiger charge is 2.06. The molecule has 0 saturated carbocycles. The fourth-order valence-electron chi connectivity index (χ4n) is 0.541. The maximum atomic E-state index is 5.27. The van der Waals surface area contributed by atoms with Crippen LogP contribution in [0.1, 0.15) is 27.7 Å². The van der Waals surface area contributed by atoms with Gasteiger partial charge in [0, 0.05) is 0 Å². The second-order valence-corrected chi connectivity index (χ2v) is 7.65. The van der Waals surface area contributed by atoms with Crippen molar-refractivity contribution in [3.05, 3.63) is 0 Å². The molecule has 11 heavy (non-hydrogen) atoms. The molecule has 0 spiro atoms. The summed E-state index contributed by atoms with van der Waals surface area (Å²) in [5.41, 5.74) is -2.39. The molecule has 0 aliphatic heterocycles. The summed E-state index contributed by atoms with van der Waals surface area (Å²) in [5, 5.41) is 0. The standard InChI is InChI=1S/C6H15O2PS2/c1-5(2)7-9(10,11)8-6(3)4/h5-6H,1-4H3,(H,10,11)/p-1. The van der Waals surface area contributed by atoms with E-state index in [4.69, 9.17) is 33.1 Å². The van der Waals surface area contributed by atoms with Crippen molar-refractivity contribution < 1.29 is 9.05 Å². The van der Waals surface area contributed by atoms with E-state index in [-0.39, 0.29) is 12.2 Å². The zero-order chi connectivity index (χ0) is 9.07. The Balaban J connectivity index is 3.91. The van der Waals surface area contributed by atoms with Crippen molar-refractivity contribution >= 4 is 29.7 Å². The molecule has 0 aliphatic rings. The summed E-state index contributed by atoms with van der Waals surface area (Å²) in [4.78, 5) is 0. The van der Waals surface area contributed by atoms with Crippen molar-refractivity contribution in [3.63, 3.8) is 0 Å². The number of hydrogen-bond acceptors (Lipinski definition) is 4. The average molecular weight is 213 g/mol. The molecule has 0 bridgehead atoms. The SMILES string of the molecule is CC(C)OP(=S)([S-])OC(C)C. The van der Waals surface area contributed by atoms with E-state index in [1.807, 2.05) is 27.7 Å². The highest BCUT2D eigenvalue weighted by Crippen LogP contribution is 2.48. The second kappa shape index (κ2) is 4.83. The van der Waals surface area contributed by atoms with Crippen LogP contribution in [0.15, 0.2) is 0 Å². The van der Waals surface area contributed by atoms with Gasteiger partial charge in [-0.25, -0.2) is 0 Å². The molecule has 2 nitrogen and oxygen atoms in total. The van der Waals surface area contributed by atoms with Gasteiger partial charge < -0.3 is 21.3 Å². The van der Waals surface area contributed by atoms with Crippen LogP contribution in [0.3, 0.4) is 0 Å². The first-order valence-corrected chi connectivity index (χ1v) is 7.16. The highest BCUT2D eigenvalue weighted by molar-refractivity contribution is 8.51. The summed E-state index contributed by atoms with van der Waals surface area (Å²) in [6, 6.07) is 0. The van der Waals surface area contributed by atoms with Crippen LogP contribution in [0, 0.1) is 0 Å². The minimum atomic E-state index is -2.39. The molecule has 0 unspecified atom stereocenters. The maximum absolute atomic E-state index is 5.27. The van der Waals surface area contributed by atoms with Crippen LogP contribution in [0.25, 0.3) is 0 Å².